The lowest BCUT2D eigenvalue weighted by Gasteiger charge is -2.27. The molecule has 0 radical (unpaired) electrons. The van der Waals surface area contributed by atoms with Crippen LogP contribution in [0.5, 0.6) is 11.5 Å². The second-order valence-corrected chi connectivity index (χ2v) is 26.6. The molecule has 0 aliphatic carbocycles. The summed E-state index contributed by atoms with van der Waals surface area (Å²) in [6.07, 6.45) is 1.93. The maximum absolute atomic E-state index is 6.97. The average molecular weight is 1060 g/mol. The van der Waals surface area contributed by atoms with Crippen molar-refractivity contribution < 1.29 is 4.74 Å². The molecule has 4 heterocycles. The third kappa shape index (κ3) is 9.17. The van der Waals surface area contributed by atoms with E-state index in [1.165, 1.54) is 93.2 Å². The highest BCUT2D eigenvalue weighted by molar-refractivity contribution is 6.22. The van der Waals surface area contributed by atoms with Gasteiger partial charge < -0.3 is 14.2 Å². The quantitative estimate of drug-likeness (QED) is 0.166. The summed E-state index contributed by atoms with van der Waals surface area (Å²) in [4.78, 5) is 7.42. The monoisotopic (exact) mass is 1060 g/mol. The Morgan fingerprint density at radius 2 is 0.877 bits per heavy atom. The zero-order valence-electron chi connectivity index (χ0n) is 49.0. The van der Waals surface area contributed by atoms with Gasteiger partial charge in [0.05, 0.1) is 27.8 Å². The van der Waals surface area contributed by atoms with E-state index in [9.17, 15) is 0 Å². The number of para-hydroxylation sites is 3. The largest absolute Gasteiger partial charge is 0.457 e. The number of hydrogen-bond acceptors (Lipinski definition) is 3. The van der Waals surface area contributed by atoms with Crippen LogP contribution in [0.2, 0.25) is 0 Å². The number of rotatable bonds is 6. The van der Waals surface area contributed by atoms with E-state index in [4.69, 9.17) is 9.72 Å². The molecule has 0 fully saturated rings. The lowest BCUT2D eigenvalue weighted by molar-refractivity contribution is 0.483. The van der Waals surface area contributed by atoms with E-state index in [1.54, 1.807) is 0 Å². The van der Waals surface area contributed by atoms with Gasteiger partial charge in [-0.2, -0.15) is 0 Å². The second-order valence-electron chi connectivity index (χ2n) is 26.6. The van der Waals surface area contributed by atoms with Gasteiger partial charge in [-0.15, -0.1) is 0 Å². The summed E-state index contributed by atoms with van der Waals surface area (Å²) in [5, 5.41) is 9.57. The third-order valence-corrected chi connectivity index (χ3v) is 16.8. The Bertz CT molecular complexity index is 4550. The number of hydrogen-bond donors (Lipinski definition) is 0. The summed E-state index contributed by atoms with van der Waals surface area (Å²) in [5.74, 6) is 2.41. The van der Waals surface area contributed by atoms with Gasteiger partial charge in [0.1, 0.15) is 24.0 Å². The first-order valence-corrected chi connectivity index (χ1v) is 28.8. The Hall–Kier alpha value is -8.67. The van der Waals surface area contributed by atoms with Gasteiger partial charge in [0, 0.05) is 51.1 Å². The van der Waals surface area contributed by atoms with Crippen LogP contribution in [0, 0.1) is 0 Å². The van der Waals surface area contributed by atoms with E-state index >= 15 is 0 Å². The van der Waals surface area contributed by atoms with Crippen LogP contribution in [0.1, 0.15) is 105 Å². The Balaban J connectivity index is 1.01. The Kier molecular flexibility index (Phi) is 12.1. The molecule has 0 N–H and O–H groups in total. The Morgan fingerprint density at radius 3 is 1.52 bits per heavy atom. The summed E-state index contributed by atoms with van der Waals surface area (Å²) >= 11 is 0. The third-order valence-electron chi connectivity index (χ3n) is 16.8. The molecule has 1 aliphatic rings. The van der Waals surface area contributed by atoms with Crippen molar-refractivity contribution in [2.24, 2.45) is 0 Å². The first-order valence-electron chi connectivity index (χ1n) is 28.8. The van der Waals surface area contributed by atoms with Gasteiger partial charge in [0.15, 0.2) is 0 Å². The average Bonchev–Trinajstić information content (AvgIpc) is 4.25. The van der Waals surface area contributed by atoms with Crippen LogP contribution in [-0.2, 0) is 28.3 Å². The fourth-order valence-electron chi connectivity index (χ4n) is 12.3. The molecule has 0 amide bonds. The maximum atomic E-state index is 6.97. The highest BCUT2D eigenvalue weighted by Gasteiger charge is 2.28. The zero-order chi connectivity index (χ0) is 56.3. The molecule has 3 aromatic heterocycles. The molecular weight excluding hydrogens is 985 g/mol. The summed E-state index contributed by atoms with van der Waals surface area (Å²) in [7, 11) is 0. The fourth-order valence-corrected chi connectivity index (χ4v) is 12.3. The molecular formula is C76H72N4O. The van der Waals surface area contributed by atoms with E-state index in [-0.39, 0.29) is 21.7 Å². The number of benzene rings is 9. The number of anilines is 2. The smallest absolute Gasteiger partial charge is 0.137 e. The van der Waals surface area contributed by atoms with Crippen molar-refractivity contribution in [3.05, 3.63) is 229 Å². The number of fused-ring (bicyclic) bond motifs is 10. The minimum atomic E-state index is -0.120. The molecule has 0 spiro atoms. The number of aromatic nitrogens is 3. The first-order chi connectivity index (χ1) is 38.7. The van der Waals surface area contributed by atoms with Crippen molar-refractivity contribution in [1.29, 1.82) is 0 Å². The SMILES string of the molecule is CC(C)(C)c1cc(-c2cc(C(C)(C)C)cc(C(C)(C)C)c2)cc(-c2cccc3c4ccccc4c4ccccc4c4cccc5c4n(c23)CN5c2cccc(Oc3ccc4c5ccccc5n(-c5cc(C(C)(C)C)ccn5)c4c3)c2)c1. The summed E-state index contributed by atoms with van der Waals surface area (Å²) < 4.78 is 11.9. The molecule has 81 heavy (non-hydrogen) atoms. The van der Waals surface area contributed by atoms with Crippen LogP contribution in [-0.4, -0.2) is 14.1 Å². The van der Waals surface area contributed by atoms with Gasteiger partial charge in [-0.25, -0.2) is 4.98 Å². The molecule has 402 valence electrons. The first kappa shape index (κ1) is 51.7. The zero-order valence-corrected chi connectivity index (χ0v) is 49.0. The molecule has 13 rings (SSSR count). The highest BCUT2D eigenvalue weighted by Crippen LogP contribution is 2.47. The molecule has 12 aromatic rings. The van der Waals surface area contributed by atoms with E-state index in [0.29, 0.717) is 6.67 Å². The van der Waals surface area contributed by atoms with Crippen LogP contribution >= 0.6 is 0 Å². The van der Waals surface area contributed by atoms with Gasteiger partial charge in [0.25, 0.3) is 0 Å². The van der Waals surface area contributed by atoms with Crippen molar-refractivity contribution in [2.75, 3.05) is 4.90 Å². The molecule has 5 heteroatoms. The van der Waals surface area contributed by atoms with Crippen molar-refractivity contribution >= 4 is 76.5 Å². The number of pyridine rings is 1. The molecule has 5 nitrogen and oxygen atoms in total. The van der Waals surface area contributed by atoms with E-state index in [0.717, 1.165) is 45.1 Å². The lowest BCUT2D eigenvalue weighted by atomic mass is 9.78. The van der Waals surface area contributed by atoms with Crippen LogP contribution < -0.4 is 9.64 Å². The molecule has 0 unspecified atom stereocenters. The van der Waals surface area contributed by atoms with Crippen LogP contribution in [0.15, 0.2) is 206 Å². The standard InChI is InChI=1S/C76H72N4O/c1-73(2,3)51-36-37-77-70(44-51)80-67-32-18-17-28-63(67)64-35-34-57(46-69(64)80)81-56-23-19-22-55(45-56)78-47-79-71-58(50-38-48(39-52(42-50)74(4,5)6)49-40-53(75(7,8)9)43-54(41-49)76(10,11)12)29-20-30-65(71)61-26-15-13-24-59(61)60-25-14-16-27-62(60)66-31-21-33-68(78)72(66)79/h13-46H,47H2,1-12H3. The Labute approximate surface area is 477 Å². The summed E-state index contributed by atoms with van der Waals surface area (Å²) in [6.45, 7) is 28.3. The molecule has 0 atom stereocenters. The van der Waals surface area contributed by atoms with Crippen molar-refractivity contribution in [3.63, 3.8) is 0 Å². The normalized spacial score (nSPS) is 13.1. The predicted octanol–water partition coefficient (Wildman–Crippen LogP) is 21.1. The second kappa shape index (κ2) is 19.0. The van der Waals surface area contributed by atoms with Gasteiger partial charge in [-0.1, -0.05) is 217 Å². The number of ether oxygens (including phenoxy) is 1. The highest BCUT2D eigenvalue weighted by atomic mass is 16.5. The van der Waals surface area contributed by atoms with Crippen molar-refractivity contribution in [2.45, 2.75) is 111 Å². The molecule has 1 aliphatic heterocycles. The predicted molar refractivity (Wildman–Crippen MR) is 345 cm³/mol. The van der Waals surface area contributed by atoms with Gasteiger partial charge >= 0.3 is 0 Å². The minimum absolute atomic E-state index is 0.0220. The van der Waals surface area contributed by atoms with Crippen molar-refractivity contribution in [1.82, 2.24) is 14.1 Å². The summed E-state index contributed by atoms with van der Waals surface area (Å²) in [5.41, 5.74) is 16.6. The van der Waals surface area contributed by atoms with Crippen LogP contribution in [0.25, 0.3) is 93.2 Å². The van der Waals surface area contributed by atoms with Gasteiger partial charge in [-0.3, -0.25) is 4.57 Å². The molecule has 0 saturated heterocycles. The Morgan fingerprint density at radius 1 is 0.370 bits per heavy atom. The van der Waals surface area contributed by atoms with E-state index in [2.05, 4.69) is 297 Å². The molecule has 0 bridgehead atoms. The fraction of sp³-hybridized carbons (Fsp3) is 0.224. The minimum Gasteiger partial charge on any atom is -0.457 e. The van der Waals surface area contributed by atoms with Crippen molar-refractivity contribution in [3.8, 4) is 39.6 Å². The van der Waals surface area contributed by atoms with Crippen LogP contribution in [0.4, 0.5) is 11.4 Å². The lowest BCUT2D eigenvalue weighted by Crippen LogP contribution is -2.16. The van der Waals surface area contributed by atoms with E-state index in [1.807, 2.05) is 6.20 Å². The maximum Gasteiger partial charge on any atom is 0.137 e. The molecule has 9 aromatic carbocycles. The van der Waals surface area contributed by atoms with Crippen LogP contribution in [0.3, 0.4) is 0 Å². The molecule has 0 saturated carbocycles. The topological polar surface area (TPSA) is 35.2 Å². The number of nitrogens with zero attached hydrogens (tertiary/aromatic N) is 4. The van der Waals surface area contributed by atoms with E-state index < -0.39 is 0 Å². The summed E-state index contributed by atoms with van der Waals surface area (Å²) in [6, 6.07) is 74.5. The van der Waals surface area contributed by atoms with Gasteiger partial charge in [-0.05, 0) is 137 Å². The van der Waals surface area contributed by atoms with Gasteiger partial charge in [0.2, 0.25) is 0 Å².